The Kier molecular flexibility index (Phi) is 4.67. The molecule has 1 atom stereocenters. The van der Waals surface area contributed by atoms with Crippen LogP contribution in [0.3, 0.4) is 0 Å². The minimum absolute atomic E-state index is 0.0729. The zero-order valence-corrected chi connectivity index (χ0v) is 12.5. The van der Waals surface area contributed by atoms with E-state index in [2.05, 4.69) is 11.6 Å². The number of rotatable bonds is 4. The summed E-state index contributed by atoms with van der Waals surface area (Å²) in [6, 6.07) is 4.64. The molecule has 0 saturated carbocycles. The zero-order chi connectivity index (χ0) is 14.7. The minimum atomic E-state index is -0.410. The number of non-ortho nitro benzene ring substituents is 1. The van der Waals surface area contributed by atoms with E-state index in [1.165, 1.54) is 12.1 Å². The van der Waals surface area contributed by atoms with Crippen LogP contribution in [0.2, 0.25) is 0 Å². The van der Waals surface area contributed by atoms with Gasteiger partial charge in [0.2, 0.25) is 0 Å². The molecular formula is C13H14ClN3O2S. The Bertz CT molecular complexity index is 577. The highest BCUT2D eigenvalue weighted by molar-refractivity contribution is 8.14. The number of nitro benzene ring substituents is 1. The highest BCUT2D eigenvalue weighted by Crippen LogP contribution is 2.29. The van der Waals surface area contributed by atoms with Gasteiger partial charge in [-0.25, -0.2) is 4.99 Å². The molecule has 0 aliphatic carbocycles. The van der Waals surface area contributed by atoms with Gasteiger partial charge >= 0.3 is 0 Å². The summed E-state index contributed by atoms with van der Waals surface area (Å²) in [5.41, 5.74) is 1.27. The third-order valence-electron chi connectivity index (χ3n) is 2.91. The molecule has 1 aliphatic rings. The lowest BCUT2D eigenvalue weighted by molar-refractivity contribution is -0.384. The smallest absolute Gasteiger partial charge is 0.269 e. The average molecular weight is 312 g/mol. The maximum atomic E-state index is 10.7. The van der Waals surface area contributed by atoms with Gasteiger partial charge in [-0.3, -0.25) is 10.1 Å². The van der Waals surface area contributed by atoms with Crippen LogP contribution in [0, 0.1) is 17.0 Å². The van der Waals surface area contributed by atoms with Crippen LogP contribution < -0.4 is 0 Å². The summed E-state index contributed by atoms with van der Waals surface area (Å²) in [7, 11) is 0. The molecule has 0 N–H and O–H groups in total. The number of aliphatic imine (C=N–C) groups is 1. The number of nitrogens with zero attached hydrogens (tertiary/aromatic N) is 3. The Morgan fingerprint density at radius 2 is 2.40 bits per heavy atom. The molecular weight excluding hydrogens is 298 g/mol. The number of thioether (sulfide) groups is 1. The number of amidine groups is 1. The van der Waals surface area contributed by atoms with Crippen LogP contribution in [0.1, 0.15) is 5.56 Å². The van der Waals surface area contributed by atoms with Gasteiger partial charge in [-0.15, -0.1) is 0 Å². The van der Waals surface area contributed by atoms with Crippen LogP contribution in [0.15, 0.2) is 35.8 Å². The van der Waals surface area contributed by atoms with Crippen molar-refractivity contribution in [3.63, 3.8) is 0 Å². The van der Waals surface area contributed by atoms with Crippen molar-refractivity contribution in [2.45, 2.75) is 12.4 Å². The lowest BCUT2D eigenvalue weighted by Crippen LogP contribution is -2.30. The molecule has 0 spiro atoms. The Labute approximate surface area is 126 Å². The molecule has 1 aliphatic heterocycles. The molecule has 20 heavy (non-hydrogen) atoms. The van der Waals surface area contributed by atoms with E-state index in [0.29, 0.717) is 0 Å². The van der Waals surface area contributed by atoms with Crippen molar-refractivity contribution in [3.05, 3.63) is 46.5 Å². The van der Waals surface area contributed by atoms with Crippen molar-refractivity contribution in [3.8, 4) is 0 Å². The molecule has 0 radical (unpaired) electrons. The van der Waals surface area contributed by atoms with Gasteiger partial charge in [0, 0.05) is 24.4 Å². The van der Waals surface area contributed by atoms with E-state index in [9.17, 15) is 10.1 Å². The second-order valence-corrected chi connectivity index (χ2v) is 5.78. The van der Waals surface area contributed by atoms with E-state index in [-0.39, 0.29) is 11.2 Å². The van der Waals surface area contributed by atoms with Gasteiger partial charge in [0.1, 0.15) is 5.50 Å². The number of halogens is 1. The van der Waals surface area contributed by atoms with Crippen molar-refractivity contribution in [1.29, 1.82) is 0 Å². The SMILES string of the molecule is C=CC(Cl)N1CCSC1=Nc1ccc([N+](=O)[O-])cc1C. The fraction of sp³-hybridized carbons (Fsp3) is 0.308. The fourth-order valence-corrected chi connectivity index (χ4v) is 3.10. The van der Waals surface area contributed by atoms with Crippen LogP contribution in [0.5, 0.6) is 0 Å². The van der Waals surface area contributed by atoms with E-state index in [1.807, 2.05) is 11.8 Å². The maximum absolute atomic E-state index is 10.7. The summed E-state index contributed by atoms with van der Waals surface area (Å²) >= 11 is 7.78. The van der Waals surface area contributed by atoms with Gasteiger partial charge in [0.05, 0.1) is 10.6 Å². The van der Waals surface area contributed by atoms with E-state index in [4.69, 9.17) is 11.6 Å². The molecule has 7 heteroatoms. The first-order valence-corrected chi connectivity index (χ1v) is 7.45. The topological polar surface area (TPSA) is 58.7 Å². The monoisotopic (exact) mass is 311 g/mol. The van der Waals surface area contributed by atoms with Gasteiger partial charge in [-0.1, -0.05) is 36.0 Å². The van der Waals surface area contributed by atoms with Gasteiger partial charge in [-0.2, -0.15) is 0 Å². The molecule has 1 fully saturated rings. The summed E-state index contributed by atoms with van der Waals surface area (Å²) in [5, 5.41) is 11.5. The summed E-state index contributed by atoms with van der Waals surface area (Å²) in [4.78, 5) is 16.8. The molecule has 1 saturated heterocycles. The molecule has 2 rings (SSSR count). The van der Waals surface area contributed by atoms with E-state index >= 15 is 0 Å². The molecule has 0 amide bonds. The summed E-state index contributed by atoms with van der Waals surface area (Å²) in [5.74, 6) is 0.919. The van der Waals surface area contributed by atoms with Crippen molar-refractivity contribution in [1.82, 2.24) is 4.90 Å². The maximum Gasteiger partial charge on any atom is 0.269 e. The second-order valence-electron chi connectivity index (χ2n) is 4.27. The molecule has 1 heterocycles. The average Bonchev–Trinajstić information content (AvgIpc) is 2.88. The number of benzene rings is 1. The number of nitro groups is 1. The number of hydrogen-bond acceptors (Lipinski definition) is 4. The van der Waals surface area contributed by atoms with E-state index in [1.54, 1.807) is 23.9 Å². The standard InChI is InChI=1S/C13H14ClN3O2S/c1-3-12(14)16-6-7-20-13(16)15-11-5-4-10(17(18)19)8-9(11)2/h3-5,8,12H,1,6-7H2,2H3. The van der Waals surface area contributed by atoms with Crippen LogP contribution in [-0.4, -0.2) is 32.8 Å². The molecule has 1 aromatic rings. The molecule has 106 valence electrons. The Balaban J connectivity index is 2.30. The third kappa shape index (κ3) is 3.13. The predicted octanol–water partition coefficient (Wildman–Crippen LogP) is 3.69. The Morgan fingerprint density at radius 3 is 3.00 bits per heavy atom. The minimum Gasteiger partial charge on any atom is -0.330 e. The summed E-state index contributed by atoms with van der Waals surface area (Å²) in [6.07, 6.45) is 1.66. The van der Waals surface area contributed by atoms with Crippen molar-refractivity contribution >= 4 is 39.9 Å². The van der Waals surface area contributed by atoms with E-state index < -0.39 is 4.92 Å². The quantitative estimate of drug-likeness (QED) is 0.280. The first-order chi connectivity index (χ1) is 9.52. The van der Waals surface area contributed by atoms with Crippen molar-refractivity contribution in [2.24, 2.45) is 4.99 Å². The lowest BCUT2D eigenvalue weighted by atomic mass is 10.2. The molecule has 5 nitrogen and oxygen atoms in total. The second kappa shape index (κ2) is 6.28. The Morgan fingerprint density at radius 1 is 1.65 bits per heavy atom. The van der Waals surface area contributed by atoms with Gasteiger partial charge in [0.25, 0.3) is 5.69 Å². The van der Waals surface area contributed by atoms with Gasteiger partial charge in [-0.05, 0) is 18.6 Å². The first-order valence-electron chi connectivity index (χ1n) is 6.02. The normalized spacial score (nSPS) is 18.3. The fourth-order valence-electron chi connectivity index (χ4n) is 1.85. The Hall–Kier alpha value is -1.53. The van der Waals surface area contributed by atoms with Crippen LogP contribution in [0.25, 0.3) is 0 Å². The van der Waals surface area contributed by atoms with Crippen LogP contribution in [-0.2, 0) is 0 Å². The number of hydrogen-bond donors (Lipinski definition) is 0. The highest BCUT2D eigenvalue weighted by Gasteiger charge is 2.24. The number of alkyl halides is 1. The highest BCUT2D eigenvalue weighted by atomic mass is 35.5. The summed E-state index contributed by atoms with van der Waals surface area (Å²) < 4.78 is 0. The molecule has 1 aromatic carbocycles. The van der Waals surface area contributed by atoms with Gasteiger partial charge in [0.15, 0.2) is 5.17 Å². The van der Waals surface area contributed by atoms with Crippen LogP contribution in [0.4, 0.5) is 11.4 Å². The molecule has 1 unspecified atom stereocenters. The van der Waals surface area contributed by atoms with Gasteiger partial charge < -0.3 is 4.90 Å². The molecule has 0 aromatic heterocycles. The zero-order valence-electron chi connectivity index (χ0n) is 11.0. The lowest BCUT2D eigenvalue weighted by Gasteiger charge is -2.21. The summed E-state index contributed by atoms with van der Waals surface area (Å²) in [6.45, 7) is 6.31. The molecule has 0 bridgehead atoms. The third-order valence-corrected chi connectivity index (χ3v) is 4.29. The largest absolute Gasteiger partial charge is 0.330 e. The predicted molar refractivity (Wildman–Crippen MR) is 83.9 cm³/mol. The van der Waals surface area contributed by atoms with E-state index in [0.717, 1.165) is 28.7 Å². The van der Waals surface area contributed by atoms with Crippen LogP contribution >= 0.6 is 23.4 Å². The number of aryl methyl sites for hydroxylation is 1. The first kappa shape index (κ1) is 14.9. The van der Waals surface area contributed by atoms with Crippen molar-refractivity contribution in [2.75, 3.05) is 12.3 Å². The van der Waals surface area contributed by atoms with Crippen molar-refractivity contribution < 1.29 is 4.92 Å².